The first-order chi connectivity index (χ1) is 10.6. The summed E-state index contributed by atoms with van der Waals surface area (Å²) in [5.74, 6) is -1.35. The molecule has 0 unspecified atom stereocenters. The van der Waals surface area contributed by atoms with Crippen LogP contribution in [0.15, 0.2) is 18.3 Å². The Morgan fingerprint density at radius 1 is 1.50 bits per heavy atom. The largest absolute Gasteiger partial charge is 0.478 e. The van der Waals surface area contributed by atoms with Gasteiger partial charge in [-0.05, 0) is 38.3 Å². The lowest BCUT2D eigenvalue weighted by Crippen LogP contribution is -2.27. The van der Waals surface area contributed by atoms with Crippen molar-refractivity contribution in [3.05, 3.63) is 29.8 Å². The van der Waals surface area contributed by atoms with Crippen molar-refractivity contribution in [1.29, 1.82) is 0 Å². The van der Waals surface area contributed by atoms with Gasteiger partial charge in [0.2, 0.25) is 5.95 Å². The molecule has 2 heterocycles. The van der Waals surface area contributed by atoms with Crippen LogP contribution in [0.3, 0.4) is 0 Å². The molecule has 116 valence electrons. The number of nitrogens with one attached hydrogen (secondary N) is 1. The molecular formula is C15H17FN4O2. The number of carbonyl (C=O) groups is 1. The van der Waals surface area contributed by atoms with Crippen molar-refractivity contribution in [3.63, 3.8) is 0 Å². The van der Waals surface area contributed by atoms with E-state index in [9.17, 15) is 14.3 Å². The van der Waals surface area contributed by atoms with E-state index in [0.717, 1.165) is 12.8 Å². The number of aromatic carboxylic acids is 1. The summed E-state index contributed by atoms with van der Waals surface area (Å²) in [6.45, 7) is 2.27. The Morgan fingerprint density at radius 3 is 2.82 bits per heavy atom. The van der Waals surface area contributed by atoms with Crippen LogP contribution in [-0.4, -0.2) is 31.9 Å². The molecule has 0 saturated heterocycles. The van der Waals surface area contributed by atoms with E-state index < -0.39 is 11.9 Å². The Balaban J connectivity index is 1.97. The van der Waals surface area contributed by atoms with Gasteiger partial charge in [0.15, 0.2) is 0 Å². The van der Waals surface area contributed by atoms with Gasteiger partial charge in [-0.25, -0.2) is 9.78 Å². The van der Waals surface area contributed by atoms with E-state index in [-0.39, 0.29) is 16.8 Å². The fraction of sp³-hybridized carbons (Fsp3) is 0.400. The molecule has 0 spiro atoms. The summed E-state index contributed by atoms with van der Waals surface area (Å²) >= 11 is 0. The molecule has 3 rings (SSSR count). The van der Waals surface area contributed by atoms with E-state index in [1.807, 2.05) is 6.92 Å². The Kier molecular flexibility index (Phi) is 3.79. The highest BCUT2D eigenvalue weighted by Crippen LogP contribution is 2.28. The van der Waals surface area contributed by atoms with Crippen molar-refractivity contribution in [2.75, 3.05) is 5.32 Å². The average Bonchev–Trinajstić information content (AvgIpc) is 2.87. The lowest BCUT2D eigenvalue weighted by Gasteiger charge is -2.26. The second-order valence-electron chi connectivity index (χ2n) is 5.33. The van der Waals surface area contributed by atoms with Crippen LogP contribution in [0.25, 0.3) is 11.3 Å². The molecule has 1 fully saturated rings. The van der Waals surface area contributed by atoms with Crippen molar-refractivity contribution in [3.8, 4) is 11.3 Å². The van der Waals surface area contributed by atoms with Crippen LogP contribution in [0.2, 0.25) is 0 Å². The molecule has 6 nitrogen and oxygen atoms in total. The molecule has 22 heavy (non-hydrogen) atoms. The third kappa shape index (κ3) is 2.54. The monoisotopic (exact) mass is 304 g/mol. The second kappa shape index (κ2) is 5.75. The number of hydrogen-bond acceptors (Lipinski definition) is 4. The van der Waals surface area contributed by atoms with Crippen molar-refractivity contribution in [2.45, 2.75) is 38.8 Å². The number of halogens is 1. The van der Waals surface area contributed by atoms with Crippen molar-refractivity contribution in [1.82, 2.24) is 14.8 Å². The molecule has 0 atom stereocenters. The zero-order valence-electron chi connectivity index (χ0n) is 12.2. The summed E-state index contributed by atoms with van der Waals surface area (Å²) in [6.07, 6.45) is 4.55. The van der Waals surface area contributed by atoms with Gasteiger partial charge in [0, 0.05) is 12.6 Å². The van der Waals surface area contributed by atoms with Gasteiger partial charge in [-0.1, -0.05) is 0 Å². The summed E-state index contributed by atoms with van der Waals surface area (Å²) in [6, 6.07) is 3.59. The fourth-order valence-electron chi connectivity index (χ4n) is 2.52. The van der Waals surface area contributed by atoms with Gasteiger partial charge in [0.05, 0.1) is 17.5 Å². The predicted octanol–water partition coefficient (Wildman–Crippen LogP) is 2.77. The molecule has 2 aromatic heterocycles. The third-order valence-corrected chi connectivity index (χ3v) is 3.93. The van der Waals surface area contributed by atoms with Gasteiger partial charge in [-0.2, -0.15) is 9.49 Å². The maximum Gasteiger partial charge on any atom is 0.339 e. The summed E-state index contributed by atoms with van der Waals surface area (Å²) in [5, 5.41) is 16.4. The molecule has 0 amide bonds. The maximum atomic E-state index is 14.4. The predicted molar refractivity (Wildman–Crippen MR) is 79.3 cm³/mol. The Morgan fingerprint density at radius 2 is 2.27 bits per heavy atom. The van der Waals surface area contributed by atoms with E-state index in [2.05, 4.69) is 15.4 Å². The van der Waals surface area contributed by atoms with Gasteiger partial charge in [-0.3, -0.25) is 4.68 Å². The van der Waals surface area contributed by atoms with Gasteiger partial charge >= 0.3 is 5.97 Å². The van der Waals surface area contributed by atoms with Crippen LogP contribution in [0.5, 0.6) is 0 Å². The molecular weight excluding hydrogens is 287 g/mol. The van der Waals surface area contributed by atoms with Crippen LogP contribution in [-0.2, 0) is 6.54 Å². The number of pyridine rings is 1. The molecule has 2 aromatic rings. The molecule has 2 N–H and O–H groups in total. The number of aromatic nitrogens is 3. The highest BCUT2D eigenvalue weighted by Gasteiger charge is 2.22. The Hall–Kier alpha value is -2.44. The molecule has 1 aliphatic rings. The first kappa shape index (κ1) is 14.5. The molecule has 1 aliphatic carbocycles. The zero-order valence-corrected chi connectivity index (χ0v) is 12.2. The van der Waals surface area contributed by atoms with Crippen molar-refractivity contribution in [2.24, 2.45) is 0 Å². The normalized spacial score (nSPS) is 14.6. The van der Waals surface area contributed by atoms with E-state index in [1.54, 1.807) is 12.1 Å². The number of hydrogen-bond donors (Lipinski definition) is 2. The average molecular weight is 304 g/mol. The minimum absolute atomic E-state index is 0.0257. The standard InChI is InChI=1S/C15H17FN4O2/c1-2-20-13(11(8-17-20)15(21)22)10-6-7-12(19-14(10)16)18-9-4-3-5-9/h6-9H,2-5H2,1H3,(H,18,19)(H,21,22). The van der Waals surface area contributed by atoms with Crippen molar-refractivity contribution < 1.29 is 14.3 Å². The number of nitrogens with zero attached hydrogens (tertiary/aromatic N) is 3. The molecule has 1 saturated carbocycles. The van der Waals surface area contributed by atoms with E-state index >= 15 is 0 Å². The smallest absolute Gasteiger partial charge is 0.339 e. The minimum Gasteiger partial charge on any atom is -0.478 e. The summed E-state index contributed by atoms with van der Waals surface area (Å²) in [4.78, 5) is 15.2. The summed E-state index contributed by atoms with van der Waals surface area (Å²) in [7, 11) is 0. The van der Waals surface area contributed by atoms with Crippen LogP contribution >= 0.6 is 0 Å². The number of carboxylic acid groups (broad SMARTS) is 1. The molecule has 7 heteroatoms. The van der Waals surface area contributed by atoms with Crippen molar-refractivity contribution >= 4 is 11.8 Å². The van der Waals surface area contributed by atoms with Crippen LogP contribution in [0, 0.1) is 5.95 Å². The quantitative estimate of drug-likeness (QED) is 0.830. The van der Waals surface area contributed by atoms with Gasteiger partial charge in [-0.15, -0.1) is 0 Å². The topological polar surface area (TPSA) is 80.0 Å². The number of aryl methyl sites for hydroxylation is 1. The Bertz CT molecular complexity index is 710. The highest BCUT2D eigenvalue weighted by molar-refractivity contribution is 5.94. The molecule has 0 aromatic carbocycles. The number of carboxylic acids is 1. The van der Waals surface area contributed by atoms with Crippen LogP contribution < -0.4 is 5.32 Å². The van der Waals surface area contributed by atoms with E-state index in [4.69, 9.17) is 0 Å². The first-order valence-corrected chi connectivity index (χ1v) is 7.32. The first-order valence-electron chi connectivity index (χ1n) is 7.32. The van der Waals surface area contributed by atoms with Crippen LogP contribution in [0.4, 0.5) is 10.2 Å². The molecule has 0 bridgehead atoms. The van der Waals surface area contributed by atoms with Gasteiger partial charge < -0.3 is 10.4 Å². The highest BCUT2D eigenvalue weighted by atomic mass is 19.1. The fourth-order valence-corrected chi connectivity index (χ4v) is 2.52. The molecule has 0 aliphatic heterocycles. The number of rotatable bonds is 5. The molecule has 0 radical (unpaired) electrons. The lowest BCUT2D eigenvalue weighted by molar-refractivity contribution is 0.0697. The summed E-state index contributed by atoms with van der Waals surface area (Å²) in [5.41, 5.74) is 0.369. The number of anilines is 1. The lowest BCUT2D eigenvalue weighted by atomic mass is 9.93. The zero-order chi connectivity index (χ0) is 15.7. The maximum absolute atomic E-state index is 14.4. The summed E-state index contributed by atoms with van der Waals surface area (Å²) < 4.78 is 15.8. The minimum atomic E-state index is -1.13. The third-order valence-electron chi connectivity index (χ3n) is 3.93. The SMILES string of the molecule is CCn1ncc(C(=O)O)c1-c1ccc(NC2CCC2)nc1F. The van der Waals surface area contributed by atoms with E-state index in [0.29, 0.717) is 18.4 Å². The van der Waals surface area contributed by atoms with Gasteiger partial charge in [0.25, 0.3) is 0 Å². The van der Waals surface area contributed by atoms with Gasteiger partial charge in [0.1, 0.15) is 11.4 Å². The second-order valence-corrected chi connectivity index (χ2v) is 5.33. The van der Waals surface area contributed by atoms with Crippen LogP contribution in [0.1, 0.15) is 36.5 Å². The van der Waals surface area contributed by atoms with E-state index in [1.165, 1.54) is 17.3 Å². The Labute approximate surface area is 127 Å².